The van der Waals surface area contributed by atoms with Crippen LogP contribution in [0.1, 0.15) is 113 Å². The predicted molar refractivity (Wildman–Crippen MR) is 269 cm³/mol. The summed E-state index contributed by atoms with van der Waals surface area (Å²) in [5.41, 5.74) is -2.25. The summed E-state index contributed by atoms with van der Waals surface area (Å²) in [4.78, 5) is 24.2. The molecule has 0 amide bonds. The summed E-state index contributed by atoms with van der Waals surface area (Å²) in [7, 11) is 5.26. The van der Waals surface area contributed by atoms with E-state index in [9.17, 15) is 30.3 Å². The lowest BCUT2D eigenvalue weighted by Crippen LogP contribution is -2.61. The first-order valence-electron chi connectivity index (χ1n) is 25.5. The van der Waals surface area contributed by atoms with Gasteiger partial charge < -0.3 is 68.6 Å². The molecule has 4 aliphatic heterocycles. The Balaban J connectivity index is 1.23. The second kappa shape index (κ2) is 24.2. The van der Waals surface area contributed by atoms with Crippen molar-refractivity contribution in [1.29, 1.82) is 0 Å². The number of methoxy groups -OCH3 is 1. The van der Waals surface area contributed by atoms with Gasteiger partial charge in [0.2, 0.25) is 0 Å². The molecule has 72 heavy (non-hydrogen) atoms. The standard InChI is InChI=1S/C51H82Cl2N6O13/c1-14-40-51(10,65)44(61)31(6)58(12)24-27(2)22-49(8,64)46(29(4)43(30(5)47(63)69-40)70-41-23-50(9,66-13)45(62)32(7)68-41)71-48-42(60)39(17-28(3)67-48)57(11)16-15-36-25-59(56-54-36)26-37-21-38(55-72-37)33-18-34(52)20-35(53)19-33/h18-20,25,27-32,37,39-46,48,60-62,64-65H,14-17,21-24,26H2,1-13H3/t27-,28-,29+,30-,31-,32+,37-,39+,40-,41+,42-,43+,44-,45+,46-,48+,49-,50-,51-/m1/s1. The fraction of sp³-hybridized carbons (Fsp3) is 0.804. The van der Waals surface area contributed by atoms with Crippen LogP contribution in [0.5, 0.6) is 0 Å². The normalized spacial score (nSPS) is 41.1. The summed E-state index contributed by atoms with van der Waals surface area (Å²) in [6.07, 6.45) is -6.47. The van der Waals surface area contributed by atoms with Gasteiger partial charge in [0.05, 0.1) is 59.5 Å². The number of carbonyl (C=O) groups is 1. The molecule has 4 aliphatic rings. The minimum atomic E-state index is -1.84. The smallest absolute Gasteiger partial charge is 0.311 e. The molecule has 5 heterocycles. The Morgan fingerprint density at radius 3 is 2.29 bits per heavy atom. The van der Waals surface area contributed by atoms with E-state index >= 15 is 0 Å². The van der Waals surface area contributed by atoms with Gasteiger partial charge in [0.1, 0.15) is 30.0 Å². The Kier molecular flexibility index (Phi) is 19.7. The minimum Gasteiger partial charge on any atom is -0.459 e. The largest absolute Gasteiger partial charge is 0.459 e. The van der Waals surface area contributed by atoms with Crippen molar-refractivity contribution < 1.29 is 63.6 Å². The molecule has 0 radical (unpaired) electrons. The highest BCUT2D eigenvalue weighted by Crippen LogP contribution is 2.40. The number of ether oxygens (including phenoxy) is 6. The van der Waals surface area contributed by atoms with E-state index in [1.165, 1.54) is 14.0 Å². The van der Waals surface area contributed by atoms with Gasteiger partial charge in [0, 0.05) is 79.3 Å². The molecule has 5 N–H and O–H groups in total. The number of aliphatic hydroxyl groups excluding tert-OH is 3. The molecule has 6 rings (SSSR count). The molecule has 1 aromatic carbocycles. The Morgan fingerprint density at radius 1 is 0.958 bits per heavy atom. The maximum Gasteiger partial charge on any atom is 0.311 e. The SMILES string of the molecule is CC[C@H]1OC(=O)[C@H](C)[C@@H](O[C@H]2C[C@@](C)(OC)[C@@H](O)[C@H](C)O2)[C@H](C)[C@@H](O[C@@H]2O[C@H](C)C[C@H](N(C)CCc3cn(C[C@H]4CC(c5cc(Cl)cc(Cl)c5)=NO4)nn3)[C@H]2O)[C@](C)(O)C[C@@H](C)CN(C)[C@H](C)[C@@H](O)[C@]1(C)O. The summed E-state index contributed by atoms with van der Waals surface area (Å²) in [5, 5.41) is 73.8. The third-order valence-corrected chi connectivity index (χ3v) is 16.2. The van der Waals surface area contributed by atoms with Gasteiger partial charge in [-0.2, -0.15) is 0 Å². The van der Waals surface area contributed by atoms with Crippen molar-refractivity contribution in [1.82, 2.24) is 24.8 Å². The molecular formula is C51H82Cl2N6O13. The van der Waals surface area contributed by atoms with Crippen molar-refractivity contribution in [2.75, 3.05) is 34.3 Å². The van der Waals surface area contributed by atoms with Crippen LogP contribution < -0.4 is 0 Å². The number of aromatic nitrogens is 3. The van der Waals surface area contributed by atoms with Gasteiger partial charge in [0.25, 0.3) is 0 Å². The maximum atomic E-state index is 14.5. The number of carbonyl (C=O) groups excluding carboxylic acids is 1. The van der Waals surface area contributed by atoms with Crippen LogP contribution >= 0.6 is 23.2 Å². The molecule has 0 bridgehead atoms. The molecule has 0 saturated carbocycles. The van der Waals surface area contributed by atoms with E-state index in [1.807, 2.05) is 50.9 Å². The first kappa shape index (κ1) is 58.7. The maximum absolute atomic E-state index is 14.5. The zero-order chi connectivity index (χ0) is 53.2. The molecule has 3 fully saturated rings. The number of aliphatic hydroxyl groups is 5. The van der Waals surface area contributed by atoms with E-state index in [2.05, 4.69) is 15.5 Å². The molecule has 0 unspecified atom stereocenters. The quantitative estimate of drug-likeness (QED) is 0.173. The van der Waals surface area contributed by atoms with Gasteiger partial charge in [-0.05, 0) is 106 Å². The van der Waals surface area contributed by atoms with E-state index in [1.54, 1.807) is 64.4 Å². The lowest BCUT2D eigenvalue weighted by atomic mass is 9.77. The third kappa shape index (κ3) is 13.7. The number of cyclic esters (lactones) is 1. The summed E-state index contributed by atoms with van der Waals surface area (Å²) in [6, 6.07) is 4.25. The summed E-state index contributed by atoms with van der Waals surface area (Å²) >= 11 is 12.4. The number of oxime groups is 1. The number of esters is 1. The molecule has 1 aromatic heterocycles. The van der Waals surface area contributed by atoms with Crippen LogP contribution in [0, 0.1) is 17.8 Å². The molecule has 21 heteroatoms. The molecule has 19 nitrogen and oxygen atoms in total. The Labute approximate surface area is 435 Å². The van der Waals surface area contributed by atoms with Gasteiger partial charge in [0.15, 0.2) is 18.7 Å². The van der Waals surface area contributed by atoms with Crippen LogP contribution in [0.25, 0.3) is 0 Å². The number of nitrogens with zero attached hydrogens (tertiary/aromatic N) is 6. The highest BCUT2D eigenvalue weighted by molar-refractivity contribution is 6.35. The van der Waals surface area contributed by atoms with Crippen LogP contribution in [0.3, 0.4) is 0 Å². The molecule has 19 atom stereocenters. The van der Waals surface area contributed by atoms with Gasteiger partial charge in [-0.3, -0.25) is 4.79 Å². The first-order chi connectivity index (χ1) is 33.7. The molecular weight excluding hydrogens is 975 g/mol. The van der Waals surface area contributed by atoms with Gasteiger partial charge >= 0.3 is 5.97 Å². The number of halogens is 2. The number of hydrogen-bond donors (Lipinski definition) is 5. The van der Waals surface area contributed by atoms with Crippen molar-refractivity contribution in [2.24, 2.45) is 22.9 Å². The Bertz CT molecular complexity index is 2120. The van der Waals surface area contributed by atoms with Crippen LogP contribution in [-0.2, 0) is 51.0 Å². The zero-order valence-corrected chi connectivity index (χ0v) is 45.9. The van der Waals surface area contributed by atoms with Crippen molar-refractivity contribution in [3.8, 4) is 0 Å². The summed E-state index contributed by atoms with van der Waals surface area (Å²) in [5.74, 6) is -2.80. The van der Waals surface area contributed by atoms with E-state index in [0.717, 1.165) is 17.0 Å². The number of rotatable bonds is 13. The average Bonchev–Trinajstić information content (AvgIpc) is 3.98. The zero-order valence-electron chi connectivity index (χ0n) is 44.4. The second-order valence-corrected chi connectivity index (χ2v) is 22.9. The van der Waals surface area contributed by atoms with Crippen molar-refractivity contribution in [3.05, 3.63) is 45.7 Å². The summed E-state index contributed by atoms with van der Waals surface area (Å²) in [6.45, 7) is 18.9. The topological polar surface area (TPSA) is 232 Å². The van der Waals surface area contributed by atoms with Crippen LogP contribution in [-0.4, -0.2) is 193 Å². The predicted octanol–water partition coefficient (Wildman–Crippen LogP) is 4.61. The number of likely N-dealkylation sites (N-methyl/N-ethyl adjacent to an activating group) is 2. The number of benzene rings is 1. The fourth-order valence-electron chi connectivity index (χ4n) is 11.3. The average molecular weight is 1060 g/mol. The van der Waals surface area contributed by atoms with E-state index in [0.29, 0.717) is 48.9 Å². The molecule has 408 valence electrons. The van der Waals surface area contributed by atoms with Crippen molar-refractivity contribution in [3.63, 3.8) is 0 Å². The van der Waals surface area contributed by atoms with Gasteiger partial charge in [-0.1, -0.05) is 54.3 Å². The minimum absolute atomic E-state index is 0.0968. The second-order valence-electron chi connectivity index (χ2n) is 22.0. The number of hydrogen-bond acceptors (Lipinski definition) is 18. The first-order valence-corrected chi connectivity index (χ1v) is 26.3. The van der Waals surface area contributed by atoms with Crippen LogP contribution in [0.4, 0.5) is 0 Å². The highest BCUT2D eigenvalue weighted by Gasteiger charge is 2.53. The van der Waals surface area contributed by atoms with Gasteiger partial charge in [-0.25, -0.2) is 4.68 Å². The van der Waals surface area contributed by atoms with Crippen molar-refractivity contribution >= 4 is 34.9 Å². The van der Waals surface area contributed by atoms with E-state index < -0.39 is 102 Å². The monoisotopic (exact) mass is 1060 g/mol. The summed E-state index contributed by atoms with van der Waals surface area (Å²) < 4.78 is 40.0. The molecule has 3 saturated heterocycles. The Morgan fingerprint density at radius 2 is 1.64 bits per heavy atom. The lowest BCUT2D eigenvalue weighted by molar-refractivity contribution is -0.318. The van der Waals surface area contributed by atoms with Gasteiger partial charge in [-0.15, -0.1) is 5.10 Å². The Hall–Kier alpha value is -2.60. The van der Waals surface area contributed by atoms with E-state index in [4.69, 9.17) is 56.5 Å². The van der Waals surface area contributed by atoms with Crippen LogP contribution in [0.15, 0.2) is 29.6 Å². The molecule has 0 aliphatic carbocycles. The van der Waals surface area contributed by atoms with E-state index in [-0.39, 0.29) is 37.4 Å². The fourth-order valence-corrected chi connectivity index (χ4v) is 11.8. The highest BCUT2D eigenvalue weighted by atomic mass is 35.5. The third-order valence-electron chi connectivity index (χ3n) is 15.7. The van der Waals surface area contributed by atoms with Crippen molar-refractivity contribution in [2.45, 2.75) is 211 Å². The molecule has 2 aromatic rings. The lowest BCUT2D eigenvalue weighted by Gasteiger charge is -2.49. The molecule has 0 spiro atoms. The van der Waals surface area contributed by atoms with Crippen LogP contribution in [0.2, 0.25) is 10.0 Å².